The van der Waals surface area contributed by atoms with Crippen molar-refractivity contribution in [3.63, 3.8) is 0 Å². The lowest BCUT2D eigenvalue weighted by Crippen LogP contribution is -2.46. The van der Waals surface area contributed by atoms with Gasteiger partial charge in [-0.3, -0.25) is 9.69 Å². The van der Waals surface area contributed by atoms with Gasteiger partial charge in [-0.2, -0.15) is 0 Å². The van der Waals surface area contributed by atoms with Gasteiger partial charge >= 0.3 is 0 Å². The molecule has 0 amide bonds. The average Bonchev–Trinajstić information content (AvgIpc) is 2.38. The fourth-order valence-electron chi connectivity index (χ4n) is 2.44. The van der Waals surface area contributed by atoms with Gasteiger partial charge in [0.15, 0.2) is 0 Å². The number of hydrogen-bond acceptors (Lipinski definition) is 4. The molecule has 1 aliphatic heterocycles. The Morgan fingerprint density at radius 1 is 1.37 bits per heavy atom. The van der Waals surface area contributed by atoms with Gasteiger partial charge in [0.1, 0.15) is 18.6 Å². The first-order valence-electron chi connectivity index (χ1n) is 6.73. The third kappa shape index (κ3) is 4.33. The van der Waals surface area contributed by atoms with Gasteiger partial charge in [0, 0.05) is 25.2 Å². The summed E-state index contributed by atoms with van der Waals surface area (Å²) in [6.07, 6.45) is 1.39. The molecule has 1 fully saturated rings. The van der Waals surface area contributed by atoms with Crippen LogP contribution in [0.5, 0.6) is 5.75 Å². The monoisotopic (exact) mass is 263 g/mol. The van der Waals surface area contributed by atoms with Crippen molar-refractivity contribution < 1.29 is 14.3 Å². The Labute approximate surface area is 114 Å². The second-order valence-electron chi connectivity index (χ2n) is 5.06. The van der Waals surface area contributed by atoms with Gasteiger partial charge < -0.3 is 9.47 Å². The number of morpholine rings is 1. The van der Waals surface area contributed by atoms with Crippen molar-refractivity contribution in [3.8, 4) is 5.75 Å². The van der Waals surface area contributed by atoms with E-state index in [2.05, 4.69) is 18.7 Å². The maximum atomic E-state index is 10.7. The third-order valence-corrected chi connectivity index (χ3v) is 3.17. The Kier molecular flexibility index (Phi) is 4.93. The van der Waals surface area contributed by atoms with E-state index < -0.39 is 0 Å². The molecule has 1 aromatic rings. The first-order valence-corrected chi connectivity index (χ1v) is 6.73. The van der Waals surface area contributed by atoms with E-state index in [1.54, 1.807) is 12.1 Å². The molecule has 19 heavy (non-hydrogen) atoms. The quantitative estimate of drug-likeness (QED) is 0.762. The summed E-state index contributed by atoms with van der Waals surface area (Å²) >= 11 is 0. The van der Waals surface area contributed by atoms with Crippen LogP contribution in [-0.4, -0.2) is 49.6 Å². The zero-order chi connectivity index (χ0) is 13.7. The summed E-state index contributed by atoms with van der Waals surface area (Å²) in [6, 6.07) is 7.23. The second-order valence-corrected chi connectivity index (χ2v) is 5.06. The summed E-state index contributed by atoms with van der Waals surface area (Å²) in [4.78, 5) is 13.0. The van der Waals surface area contributed by atoms with Gasteiger partial charge in [0.2, 0.25) is 0 Å². The smallest absolute Gasteiger partial charge is 0.150 e. The highest BCUT2D eigenvalue weighted by molar-refractivity contribution is 5.75. The van der Waals surface area contributed by atoms with Crippen LogP contribution >= 0.6 is 0 Å². The lowest BCUT2D eigenvalue weighted by atomic mass is 10.2. The van der Waals surface area contributed by atoms with E-state index in [0.29, 0.717) is 12.2 Å². The number of ether oxygens (including phenoxy) is 2. The molecule has 4 nitrogen and oxygen atoms in total. The second kappa shape index (κ2) is 6.68. The molecule has 0 aromatic heterocycles. The van der Waals surface area contributed by atoms with Crippen molar-refractivity contribution in [3.05, 3.63) is 29.8 Å². The molecule has 2 rings (SSSR count). The SMILES string of the molecule is C[C@H]1CN(CCOc2cccc(C=O)c2)C[C@H](C)O1. The van der Waals surface area contributed by atoms with Crippen LogP contribution in [0, 0.1) is 0 Å². The summed E-state index contributed by atoms with van der Waals surface area (Å²) in [6.45, 7) is 7.59. The Hall–Kier alpha value is -1.39. The van der Waals surface area contributed by atoms with Gasteiger partial charge in [-0.1, -0.05) is 12.1 Å². The fraction of sp³-hybridized carbons (Fsp3) is 0.533. The summed E-state index contributed by atoms with van der Waals surface area (Å²) in [5.41, 5.74) is 0.645. The van der Waals surface area contributed by atoms with E-state index in [1.165, 1.54) is 0 Å². The molecule has 0 unspecified atom stereocenters. The summed E-state index contributed by atoms with van der Waals surface area (Å²) in [7, 11) is 0. The number of benzene rings is 1. The number of hydrogen-bond donors (Lipinski definition) is 0. The van der Waals surface area contributed by atoms with E-state index in [1.807, 2.05) is 12.1 Å². The molecule has 1 saturated heterocycles. The normalized spacial score (nSPS) is 24.1. The van der Waals surface area contributed by atoms with Crippen molar-refractivity contribution in [2.24, 2.45) is 0 Å². The van der Waals surface area contributed by atoms with Crippen LogP contribution in [0.3, 0.4) is 0 Å². The molecular weight excluding hydrogens is 242 g/mol. The summed E-state index contributed by atoms with van der Waals surface area (Å²) in [5.74, 6) is 0.749. The largest absolute Gasteiger partial charge is 0.492 e. The molecule has 104 valence electrons. The Bertz CT molecular complexity index is 412. The molecule has 0 bridgehead atoms. The van der Waals surface area contributed by atoms with Gasteiger partial charge in [0.25, 0.3) is 0 Å². The molecule has 0 aliphatic carbocycles. The lowest BCUT2D eigenvalue weighted by Gasteiger charge is -2.35. The standard InChI is InChI=1S/C15H21NO3/c1-12-9-16(10-13(2)19-12)6-7-18-15-5-3-4-14(8-15)11-17/h3-5,8,11-13H,6-7,9-10H2,1-2H3/t12-,13-/m0/s1. The molecule has 2 atom stereocenters. The minimum Gasteiger partial charge on any atom is -0.492 e. The zero-order valence-corrected chi connectivity index (χ0v) is 11.5. The van der Waals surface area contributed by atoms with Crippen molar-refractivity contribution in [1.82, 2.24) is 4.90 Å². The van der Waals surface area contributed by atoms with Crippen LogP contribution in [0.2, 0.25) is 0 Å². The van der Waals surface area contributed by atoms with Crippen LogP contribution in [-0.2, 0) is 4.74 Å². The van der Waals surface area contributed by atoms with E-state index in [-0.39, 0.29) is 12.2 Å². The van der Waals surface area contributed by atoms with Crippen LogP contribution in [0.15, 0.2) is 24.3 Å². The van der Waals surface area contributed by atoms with E-state index in [4.69, 9.17) is 9.47 Å². The number of nitrogens with zero attached hydrogens (tertiary/aromatic N) is 1. The van der Waals surface area contributed by atoms with Gasteiger partial charge in [-0.05, 0) is 26.0 Å². The number of aldehydes is 1. The van der Waals surface area contributed by atoms with Crippen molar-refractivity contribution in [2.75, 3.05) is 26.2 Å². The van der Waals surface area contributed by atoms with Crippen LogP contribution in [0.4, 0.5) is 0 Å². The van der Waals surface area contributed by atoms with Crippen molar-refractivity contribution in [1.29, 1.82) is 0 Å². The first-order chi connectivity index (χ1) is 9.17. The summed E-state index contributed by atoms with van der Waals surface area (Å²) in [5, 5.41) is 0. The Morgan fingerprint density at radius 3 is 2.79 bits per heavy atom. The maximum absolute atomic E-state index is 10.7. The molecule has 0 saturated carbocycles. The van der Waals surface area contributed by atoms with Crippen molar-refractivity contribution >= 4 is 6.29 Å². The highest BCUT2D eigenvalue weighted by atomic mass is 16.5. The van der Waals surface area contributed by atoms with E-state index in [0.717, 1.165) is 31.7 Å². The molecule has 4 heteroatoms. The highest BCUT2D eigenvalue weighted by Crippen LogP contribution is 2.13. The van der Waals surface area contributed by atoms with Crippen LogP contribution < -0.4 is 4.74 Å². The molecule has 1 aromatic carbocycles. The average molecular weight is 263 g/mol. The van der Waals surface area contributed by atoms with E-state index >= 15 is 0 Å². The predicted molar refractivity (Wildman–Crippen MR) is 73.8 cm³/mol. The minimum atomic E-state index is 0.280. The molecule has 0 N–H and O–H groups in total. The molecule has 0 spiro atoms. The maximum Gasteiger partial charge on any atom is 0.150 e. The van der Waals surface area contributed by atoms with Gasteiger partial charge in [-0.25, -0.2) is 0 Å². The highest BCUT2D eigenvalue weighted by Gasteiger charge is 2.21. The third-order valence-electron chi connectivity index (χ3n) is 3.17. The van der Waals surface area contributed by atoms with Gasteiger partial charge in [0.05, 0.1) is 12.2 Å². The number of carbonyl (C=O) groups excluding carboxylic acids is 1. The van der Waals surface area contributed by atoms with Crippen LogP contribution in [0.1, 0.15) is 24.2 Å². The van der Waals surface area contributed by atoms with Gasteiger partial charge in [-0.15, -0.1) is 0 Å². The lowest BCUT2D eigenvalue weighted by molar-refractivity contribution is -0.0699. The molecular formula is C15H21NO3. The zero-order valence-electron chi connectivity index (χ0n) is 11.5. The Balaban J connectivity index is 1.78. The number of rotatable bonds is 5. The summed E-state index contributed by atoms with van der Waals surface area (Å²) < 4.78 is 11.4. The van der Waals surface area contributed by atoms with E-state index in [9.17, 15) is 4.79 Å². The topological polar surface area (TPSA) is 38.8 Å². The number of carbonyl (C=O) groups is 1. The van der Waals surface area contributed by atoms with Crippen LogP contribution in [0.25, 0.3) is 0 Å². The Morgan fingerprint density at radius 2 is 2.11 bits per heavy atom. The predicted octanol–water partition coefficient (Wildman–Crippen LogP) is 1.99. The minimum absolute atomic E-state index is 0.280. The fourth-order valence-corrected chi connectivity index (χ4v) is 2.44. The molecule has 1 aliphatic rings. The first kappa shape index (κ1) is 14.0. The molecule has 0 radical (unpaired) electrons. The van der Waals surface area contributed by atoms with Crippen molar-refractivity contribution in [2.45, 2.75) is 26.1 Å². The molecule has 1 heterocycles.